The molecule has 3 aliphatic rings. The number of carbonyl (C=O) groups excluding carboxylic acids is 2. The van der Waals surface area contributed by atoms with Gasteiger partial charge in [-0.3, -0.25) is 14.9 Å². The van der Waals surface area contributed by atoms with Crippen LogP contribution in [0.5, 0.6) is 5.88 Å². The Morgan fingerprint density at radius 3 is 2.55 bits per heavy atom. The first-order valence-corrected chi connectivity index (χ1v) is 12.1. The molecule has 4 rings (SSSR count). The molecule has 2 heterocycles. The van der Waals surface area contributed by atoms with E-state index in [9.17, 15) is 9.59 Å². The van der Waals surface area contributed by atoms with Crippen LogP contribution in [-0.2, 0) is 4.79 Å². The average Bonchev–Trinajstić information content (AvgIpc) is 2.97. The van der Waals surface area contributed by atoms with Crippen LogP contribution in [0.25, 0.3) is 0 Å². The Labute approximate surface area is 185 Å². The number of hydrogen-bond donors (Lipinski definition) is 2. The van der Waals surface area contributed by atoms with Crippen molar-refractivity contribution >= 4 is 11.8 Å². The van der Waals surface area contributed by atoms with Crippen LogP contribution in [0, 0.1) is 5.92 Å². The fourth-order valence-corrected chi connectivity index (χ4v) is 5.47. The lowest BCUT2D eigenvalue weighted by Crippen LogP contribution is -2.42. The fourth-order valence-electron chi connectivity index (χ4n) is 5.47. The normalized spacial score (nSPS) is 27.8. The predicted octanol–water partition coefficient (Wildman–Crippen LogP) is 3.38. The van der Waals surface area contributed by atoms with Crippen molar-refractivity contribution in [2.24, 2.45) is 11.7 Å². The fraction of sp³-hybridized carbons (Fsp3) is 0.708. The van der Waals surface area contributed by atoms with E-state index in [1.165, 1.54) is 44.9 Å². The van der Waals surface area contributed by atoms with Gasteiger partial charge in [0.2, 0.25) is 11.8 Å². The molecule has 0 radical (unpaired) electrons. The highest BCUT2D eigenvalue weighted by Gasteiger charge is 2.37. The Morgan fingerprint density at radius 2 is 1.84 bits per heavy atom. The van der Waals surface area contributed by atoms with Gasteiger partial charge in [-0.05, 0) is 56.6 Å². The number of rotatable bonds is 7. The lowest BCUT2D eigenvalue weighted by Gasteiger charge is -2.34. The molecule has 2 aliphatic carbocycles. The second kappa shape index (κ2) is 10.4. The SMILES string of the molecule is NC(=O)c1cccnc1OC1CCC(N2CNC(CCC3CCCCCC3)C2=O)CC1. The van der Waals surface area contributed by atoms with Gasteiger partial charge in [-0.25, -0.2) is 4.98 Å². The molecule has 0 bridgehead atoms. The standard InChI is InChI=1S/C24H36N4O3/c25-22(29)20-8-5-15-26-23(20)31-19-12-10-18(11-13-19)28-16-27-21(24(28)30)14-9-17-6-3-1-2-4-7-17/h5,8,15,17-19,21,27H,1-4,6-7,9-14,16H2,(H2,25,29). The van der Waals surface area contributed by atoms with Gasteiger partial charge in [-0.15, -0.1) is 0 Å². The van der Waals surface area contributed by atoms with Gasteiger partial charge >= 0.3 is 0 Å². The molecule has 7 nitrogen and oxygen atoms in total. The highest BCUT2D eigenvalue weighted by Crippen LogP contribution is 2.31. The summed E-state index contributed by atoms with van der Waals surface area (Å²) in [6, 6.07) is 3.58. The van der Waals surface area contributed by atoms with Crippen molar-refractivity contribution in [3.63, 3.8) is 0 Å². The van der Waals surface area contributed by atoms with Crippen LogP contribution in [0.3, 0.4) is 0 Å². The molecular formula is C24H36N4O3. The monoisotopic (exact) mass is 428 g/mol. The summed E-state index contributed by atoms with van der Waals surface area (Å²) in [5.74, 6) is 0.866. The van der Waals surface area contributed by atoms with Gasteiger partial charge in [-0.1, -0.05) is 38.5 Å². The molecule has 1 saturated heterocycles. The van der Waals surface area contributed by atoms with Gasteiger partial charge in [-0.2, -0.15) is 0 Å². The number of nitrogens with one attached hydrogen (secondary N) is 1. The third-order valence-electron chi connectivity index (χ3n) is 7.33. The van der Waals surface area contributed by atoms with E-state index in [2.05, 4.69) is 10.3 Å². The Kier molecular flexibility index (Phi) is 7.43. The van der Waals surface area contributed by atoms with Crippen molar-refractivity contribution in [1.82, 2.24) is 15.2 Å². The molecule has 0 spiro atoms. The number of pyridine rings is 1. The summed E-state index contributed by atoms with van der Waals surface area (Å²) in [6.07, 6.45) is 15.4. The van der Waals surface area contributed by atoms with E-state index in [1.54, 1.807) is 18.3 Å². The largest absolute Gasteiger partial charge is 0.474 e. The maximum absolute atomic E-state index is 13.0. The molecule has 0 aromatic carbocycles. The number of carbonyl (C=O) groups is 2. The molecule has 1 unspecified atom stereocenters. The molecule has 2 amide bonds. The van der Waals surface area contributed by atoms with Gasteiger partial charge in [0.05, 0.1) is 12.7 Å². The maximum Gasteiger partial charge on any atom is 0.254 e. The Bertz CT molecular complexity index is 755. The molecular weight excluding hydrogens is 392 g/mol. The first kappa shape index (κ1) is 22.1. The molecule has 7 heteroatoms. The number of primary amides is 1. The number of nitrogens with two attached hydrogens (primary N) is 1. The van der Waals surface area contributed by atoms with Gasteiger partial charge in [0.1, 0.15) is 11.7 Å². The second-order valence-corrected chi connectivity index (χ2v) is 9.43. The van der Waals surface area contributed by atoms with Gasteiger partial charge < -0.3 is 15.4 Å². The number of aromatic nitrogens is 1. The van der Waals surface area contributed by atoms with Crippen LogP contribution in [0.2, 0.25) is 0 Å². The van der Waals surface area contributed by atoms with Crippen molar-refractivity contribution in [3.05, 3.63) is 23.9 Å². The third kappa shape index (κ3) is 5.56. The zero-order valence-electron chi connectivity index (χ0n) is 18.4. The summed E-state index contributed by atoms with van der Waals surface area (Å²) >= 11 is 0. The Balaban J connectivity index is 1.24. The molecule has 31 heavy (non-hydrogen) atoms. The van der Waals surface area contributed by atoms with Gasteiger partial charge in [0.25, 0.3) is 5.91 Å². The third-order valence-corrected chi connectivity index (χ3v) is 7.33. The van der Waals surface area contributed by atoms with Gasteiger partial charge in [0.15, 0.2) is 0 Å². The first-order chi connectivity index (χ1) is 15.1. The van der Waals surface area contributed by atoms with Crippen molar-refractivity contribution < 1.29 is 14.3 Å². The minimum atomic E-state index is -0.527. The quantitative estimate of drug-likeness (QED) is 0.649. The summed E-state index contributed by atoms with van der Waals surface area (Å²) in [7, 11) is 0. The number of ether oxygens (including phenoxy) is 1. The highest BCUT2D eigenvalue weighted by molar-refractivity contribution is 5.94. The van der Waals surface area contributed by atoms with Crippen LogP contribution in [0.1, 0.15) is 87.4 Å². The predicted molar refractivity (Wildman–Crippen MR) is 118 cm³/mol. The smallest absolute Gasteiger partial charge is 0.254 e. The molecule has 170 valence electrons. The van der Waals surface area contributed by atoms with Gasteiger partial charge in [0, 0.05) is 12.2 Å². The van der Waals surface area contributed by atoms with Crippen LogP contribution in [-0.4, -0.2) is 46.6 Å². The summed E-state index contributed by atoms with van der Waals surface area (Å²) in [5, 5.41) is 3.46. The second-order valence-electron chi connectivity index (χ2n) is 9.43. The van der Waals surface area contributed by atoms with E-state index < -0.39 is 5.91 Å². The van der Waals surface area contributed by atoms with E-state index in [4.69, 9.17) is 10.5 Å². The number of amides is 2. The molecule has 1 aromatic heterocycles. The Morgan fingerprint density at radius 1 is 1.10 bits per heavy atom. The molecule has 3 fully saturated rings. The molecule has 2 saturated carbocycles. The van der Waals surface area contributed by atoms with Crippen molar-refractivity contribution in [2.75, 3.05) is 6.67 Å². The minimum Gasteiger partial charge on any atom is -0.474 e. The van der Waals surface area contributed by atoms with Crippen molar-refractivity contribution in [2.45, 2.75) is 95.2 Å². The van der Waals surface area contributed by atoms with E-state index in [-0.39, 0.29) is 24.1 Å². The van der Waals surface area contributed by atoms with Crippen LogP contribution in [0.15, 0.2) is 18.3 Å². The highest BCUT2D eigenvalue weighted by atomic mass is 16.5. The lowest BCUT2D eigenvalue weighted by molar-refractivity contribution is -0.131. The maximum atomic E-state index is 13.0. The molecule has 1 aliphatic heterocycles. The van der Waals surface area contributed by atoms with Crippen LogP contribution in [0.4, 0.5) is 0 Å². The lowest BCUT2D eigenvalue weighted by atomic mass is 9.91. The topological polar surface area (TPSA) is 97.6 Å². The van der Waals surface area contributed by atoms with Crippen molar-refractivity contribution in [1.29, 1.82) is 0 Å². The number of nitrogens with zero attached hydrogens (tertiary/aromatic N) is 2. The summed E-state index contributed by atoms with van der Waals surface area (Å²) in [4.78, 5) is 30.8. The molecule has 1 aromatic rings. The van der Waals surface area contributed by atoms with E-state index in [0.29, 0.717) is 18.1 Å². The Hall–Kier alpha value is -2.15. The zero-order valence-corrected chi connectivity index (χ0v) is 18.4. The van der Waals surface area contributed by atoms with E-state index in [0.717, 1.165) is 38.0 Å². The zero-order chi connectivity index (χ0) is 21.6. The van der Waals surface area contributed by atoms with Crippen molar-refractivity contribution in [3.8, 4) is 5.88 Å². The molecule has 3 N–H and O–H groups in total. The van der Waals surface area contributed by atoms with Crippen LogP contribution >= 0.6 is 0 Å². The minimum absolute atomic E-state index is 0.000877. The van der Waals surface area contributed by atoms with E-state index in [1.807, 2.05) is 4.90 Å². The summed E-state index contributed by atoms with van der Waals surface area (Å²) < 4.78 is 5.99. The summed E-state index contributed by atoms with van der Waals surface area (Å²) in [5.41, 5.74) is 5.74. The first-order valence-electron chi connectivity index (χ1n) is 12.1. The van der Waals surface area contributed by atoms with Crippen LogP contribution < -0.4 is 15.8 Å². The van der Waals surface area contributed by atoms with E-state index >= 15 is 0 Å². The number of hydrogen-bond acceptors (Lipinski definition) is 5. The average molecular weight is 429 g/mol. The molecule has 1 atom stereocenters. The summed E-state index contributed by atoms with van der Waals surface area (Å²) in [6.45, 7) is 0.663.